The van der Waals surface area contributed by atoms with Crippen LogP contribution in [-0.2, 0) is 9.84 Å². The minimum atomic E-state index is -3.39. The normalized spacial score (nSPS) is 10.2. The van der Waals surface area contributed by atoms with E-state index >= 15 is 0 Å². The molecule has 0 atom stereocenters. The van der Waals surface area contributed by atoms with E-state index in [2.05, 4.69) is 158 Å². The van der Waals surface area contributed by atoms with Gasteiger partial charge in [-0.05, 0) is 224 Å². The summed E-state index contributed by atoms with van der Waals surface area (Å²) in [5, 5.41) is 11.2. The quantitative estimate of drug-likeness (QED) is 0.0298. The Kier molecular flexibility index (Phi) is 24.1. The van der Waals surface area contributed by atoms with E-state index in [4.69, 9.17) is 23.1 Å². The van der Waals surface area contributed by atoms with Crippen LogP contribution >= 0.6 is 125 Å². The van der Waals surface area contributed by atoms with Gasteiger partial charge in [-0.15, -0.1) is 0 Å². The fraction of sp³-hybridized carbons (Fsp3) is 0.0698. The third-order valence-corrected chi connectivity index (χ3v) is 12.5. The minimum Gasteiger partial charge on any atom is -0.399 e. The maximum absolute atomic E-state index is 11.3. The highest BCUT2D eigenvalue weighted by Gasteiger charge is 2.11. The van der Waals surface area contributed by atoms with Gasteiger partial charge < -0.3 is 27.4 Å². The first-order valence-corrected chi connectivity index (χ1v) is 27.7. The molecule has 0 aliphatic carbocycles. The maximum atomic E-state index is 11.3. The monoisotopic (exact) mass is 1410 g/mol. The van der Waals surface area contributed by atoms with E-state index in [1.807, 2.05) is 104 Å². The van der Waals surface area contributed by atoms with Crippen LogP contribution in [0.1, 0.15) is 0 Å². The molecule has 23 heteroatoms. The summed E-state index contributed by atoms with van der Waals surface area (Å²) in [7, 11) is -3.39. The van der Waals surface area contributed by atoms with Gasteiger partial charge in [0.15, 0.2) is 10.3 Å². The van der Waals surface area contributed by atoms with Gasteiger partial charge >= 0.3 is 0 Å². The third kappa shape index (κ3) is 21.8. The molecule has 0 saturated carbocycles. The van der Waals surface area contributed by atoms with E-state index in [0.29, 0.717) is 21.9 Å². The molecular formula is C43H40ClI4N13O2S3. The highest BCUT2D eigenvalue weighted by atomic mass is 127. The number of hydrogen-bond donors (Lipinski definition) is 5. The van der Waals surface area contributed by atoms with Gasteiger partial charge in [-0.1, -0.05) is 35.1 Å². The second-order valence-corrected chi connectivity index (χ2v) is 21.4. The number of nitrogens with two attached hydrogens (primary N) is 2. The molecule has 8 aromatic rings. The first kappa shape index (κ1) is 54.7. The van der Waals surface area contributed by atoms with Crippen molar-refractivity contribution in [1.29, 1.82) is 0 Å². The lowest BCUT2D eigenvalue weighted by atomic mass is 10.3. The first-order chi connectivity index (χ1) is 31.6. The predicted molar refractivity (Wildman–Crippen MR) is 305 cm³/mol. The van der Waals surface area contributed by atoms with Gasteiger partial charge in [0.1, 0.15) is 22.6 Å². The van der Waals surface area contributed by atoms with Crippen LogP contribution in [0.4, 0.5) is 46.2 Å². The van der Waals surface area contributed by atoms with Crippen molar-refractivity contribution in [2.24, 2.45) is 0 Å². The molecule has 0 aliphatic rings. The first-order valence-electron chi connectivity index (χ1n) is 18.7. The van der Waals surface area contributed by atoms with Crippen molar-refractivity contribution in [3.05, 3.63) is 166 Å². The van der Waals surface area contributed by atoms with Gasteiger partial charge in [0.2, 0.25) is 20.9 Å². The average Bonchev–Trinajstić information content (AvgIpc) is 3.30. The van der Waals surface area contributed by atoms with Crippen molar-refractivity contribution in [2.45, 2.75) is 15.5 Å². The van der Waals surface area contributed by atoms with Gasteiger partial charge in [0.25, 0.3) is 0 Å². The number of nitrogens with one attached hydrogen (secondary N) is 3. The van der Waals surface area contributed by atoms with Crippen LogP contribution in [0.25, 0.3) is 0 Å². The molecular weight excluding hydrogens is 1370 g/mol. The summed E-state index contributed by atoms with van der Waals surface area (Å²) in [4.78, 5) is 31.8. The van der Waals surface area contributed by atoms with Gasteiger partial charge in [0, 0.05) is 68.1 Å². The highest BCUT2D eigenvalue weighted by Crippen LogP contribution is 2.20. The van der Waals surface area contributed by atoms with Crippen LogP contribution in [0.15, 0.2) is 162 Å². The Hall–Kier alpha value is -3.94. The Morgan fingerprint density at radius 1 is 0.485 bits per heavy atom. The van der Waals surface area contributed by atoms with Crippen LogP contribution < -0.4 is 27.4 Å². The number of benzene rings is 4. The summed E-state index contributed by atoms with van der Waals surface area (Å²) in [6.07, 6.45) is 11.4. The zero-order valence-corrected chi connectivity index (χ0v) is 46.9. The molecule has 8 rings (SSSR count). The Balaban J connectivity index is 0.000000186. The molecule has 4 aromatic heterocycles. The van der Waals surface area contributed by atoms with E-state index in [1.54, 1.807) is 36.8 Å². The number of thioether (sulfide) groups is 2. The maximum Gasteiger partial charge on any atom is 0.248 e. The number of nitrogens with zero attached hydrogens (tertiary/aromatic N) is 8. The van der Waals surface area contributed by atoms with Crippen LogP contribution in [0.3, 0.4) is 0 Å². The van der Waals surface area contributed by atoms with Crippen LogP contribution in [0.5, 0.6) is 0 Å². The zero-order valence-electron chi connectivity index (χ0n) is 35.0. The molecule has 0 fully saturated rings. The number of nitrogen functional groups attached to an aromatic ring is 2. The number of aromatic nitrogens is 8. The van der Waals surface area contributed by atoms with E-state index in [0.717, 1.165) is 43.5 Å². The number of sulfone groups is 1. The van der Waals surface area contributed by atoms with Crippen molar-refractivity contribution in [3.8, 4) is 0 Å². The molecule has 0 spiro atoms. The Bertz CT molecular complexity index is 2810. The molecule has 4 heterocycles. The van der Waals surface area contributed by atoms with E-state index in [9.17, 15) is 8.42 Å². The standard InChI is InChI=1S/C11H10IN3O2S.C11H10IN3S.C10H9IN4.C6H6IN.C5H5ClN2S/c1-18(16,17)11-13-7-6-10(15-11)14-9-4-2-8(12)3-5-9;1-16-11-13-7-6-10(15-11)14-9-4-2-8(12)3-5-9;11-7-1-3-8(4-2-7)14-9-5-6-13-10(12)15-9;7-5-1-3-6(8)4-2-5;1-9-5-7-3-2-4(6)8-5/h2-7H,1H3,(H,13,14,15);2-7H,1H3,(H,13,14,15);1-6H,(H3,12,13,14,15);1-4H,8H2;2-3H,1H3. The summed E-state index contributed by atoms with van der Waals surface area (Å²) in [5.74, 6) is 2.24. The Morgan fingerprint density at radius 3 is 1.23 bits per heavy atom. The second kappa shape index (κ2) is 29.1. The number of anilines is 8. The molecule has 0 aliphatic heterocycles. The second-order valence-electron chi connectivity index (χ2n) is 12.5. The molecule has 4 aromatic carbocycles. The number of hydrogen-bond acceptors (Lipinski definition) is 17. The van der Waals surface area contributed by atoms with Crippen molar-refractivity contribution < 1.29 is 8.42 Å². The van der Waals surface area contributed by atoms with E-state index in [-0.39, 0.29) is 11.1 Å². The van der Waals surface area contributed by atoms with E-state index < -0.39 is 9.84 Å². The smallest absolute Gasteiger partial charge is 0.248 e. The lowest BCUT2D eigenvalue weighted by Crippen LogP contribution is -2.05. The van der Waals surface area contributed by atoms with Crippen LogP contribution in [-0.4, -0.2) is 67.1 Å². The van der Waals surface area contributed by atoms with Crippen molar-refractivity contribution in [3.63, 3.8) is 0 Å². The summed E-state index contributed by atoms with van der Waals surface area (Å²) in [6.45, 7) is 0. The molecule has 7 N–H and O–H groups in total. The largest absolute Gasteiger partial charge is 0.399 e. The molecule has 0 amide bonds. The number of halogens is 5. The summed E-state index contributed by atoms with van der Waals surface area (Å²) >= 11 is 17.6. The van der Waals surface area contributed by atoms with Crippen molar-refractivity contribution in [2.75, 3.05) is 46.2 Å². The van der Waals surface area contributed by atoms with Gasteiger partial charge in [-0.25, -0.2) is 43.3 Å². The van der Waals surface area contributed by atoms with Gasteiger partial charge in [0.05, 0.1) is 0 Å². The van der Waals surface area contributed by atoms with Gasteiger partial charge in [-0.2, -0.15) is 4.98 Å². The fourth-order valence-electron chi connectivity index (χ4n) is 4.47. The molecule has 0 unspecified atom stereocenters. The lowest BCUT2D eigenvalue weighted by molar-refractivity contribution is 0.593. The molecule has 0 radical (unpaired) electrons. The molecule has 15 nitrogen and oxygen atoms in total. The topological polar surface area (TPSA) is 225 Å². The van der Waals surface area contributed by atoms with Crippen molar-refractivity contribution in [1.82, 2.24) is 39.9 Å². The van der Waals surface area contributed by atoms with Crippen LogP contribution in [0.2, 0.25) is 5.15 Å². The molecule has 66 heavy (non-hydrogen) atoms. The van der Waals surface area contributed by atoms with Gasteiger partial charge in [-0.3, -0.25) is 0 Å². The average molecular weight is 1410 g/mol. The van der Waals surface area contributed by atoms with E-state index in [1.165, 1.54) is 40.4 Å². The molecule has 0 bridgehead atoms. The Labute approximate surface area is 451 Å². The summed E-state index contributed by atoms with van der Waals surface area (Å²) < 4.78 is 27.4. The van der Waals surface area contributed by atoms with Crippen molar-refractivity contribution >= 4 is 181 Å². The molecule has 342 valence electrons. The SMILES string of the molecule is CS(=O)(=O)c1nccc(Nc2ccc(I)cc2)n1.CSc1nccc(Cl)n1.CSc1nccc(Nc2ccc(I)cc2)n1.Nc1ccc(I)cc1.Nc1nccc(Nc2ccc(I)cc2)n1. The fourth-order valence-corrected chi connectivity index (χ4v) is 7.32. The summed E-state index contributed by atoms with van der Waals surface area (Å²) in [6, 6.07) is 38.5. The minimum absolute atomic E-state index is 0.182. The molecule has 0 saturated heterocycles. The van der Waals surface area contributed by atoms with Crippen LogP contribution in [0, 0.1) is 14.3 Å². The number of rotatable bonds is 9. The predicted octanol–water partition coefficient (Wildman–Crippen LogP) is 11.9. The zero-order chi connectivity index (χ0) is 47.9. The lowest BCUT2D eigenvalue weighted by Gasteiger charge is -2.06. The summed E-state index contributed by atoms with van der Waals surface area (Å²) in [5.41, 5.74) is 14.6. The highest BCUT2D eigenvalue weighted by molar-refractivity contribution is 14.1. The third-order valence-electron chi connectivity index (χ3n) is 7.46. The Morgan fingerprint density at radius 2 is 0.848 bits per heavy atom.